The fraction of sp³-hybridized carbons (Fsp3) is 0.214. The van der Waals surface area contributed by atoms with Crippen molar-refractivity contribution in [2.24, 2.45) is 0 Å². The van der Waals surface area contributed by atoms with Gasteiger partial charge in [0.15, 0.2) is 5.75 Å². The highest BCUT2D eigenvalue weighted by atomic mass is 79.9. The minimum atomic E-state index is -0.116. The largest absolute Gasteiger partial charge is 0.489 e. The maximum Gasteiger partial charge on any atom is 0.255 e. The van der Waals surface area contributed by atoms with Gasteiger partial charge in [-0.2, -0.15) is 0 Å². The summed E-state index contributed by atoms with van der Waals surface area (Å²) < 4.78 is 6.67. The number of amides is 1. The first kappa shape index (κ1) is 13.5. The molecule has 2 heterocycles. The first-order chi connectivity index (χ1) is 9.74. The van der Waals surface area contributed by atoms with E-state index in [0.717, 1.165) is 20.9 Å². The number of carbonyl (C=O) groups excluding carboxylic acids is 1. The SMILES string of the molecule is O=C(NCc1ccc(Br)s1)c1cccc2c1OCCN2. The summed E-state index contributed by atoms with van der Waals surface area (Å²) in [6.45, 7) is 1.86. The van der Waals surface area contributed by atoms with Crippen molar-refractivity contribution in [3.05, 3.63) is 44.6 Å². The molecule has 1 aliphatic rings. The molecule has 0 radical (unpaired) electrons. The normalized spacial score (nSPS) is 13.1. The minimum absolute atomic E-state index is 0.116. The van der Waals surface area contributed by atoms with Crippen molar-refractivity contribution in [2.45, 2.75) is 6.54 Å². The summed E-state index contributed by atoms with van der Waals surface area (Å²) in [5.74, 6) is 0.527. The monoisotopic (exact) mass is 352 g/mol. The quantitative estimate of drug-likeness (QED) is 0.891. The molecule has 2 aromatic rings. The molecule has 0 saturated carbocycles. The van der Waals surface area contributed by atoms with Crippen LogP contribution >= 0.6 is 27.3 Å². The predicted octanol–water partition coefficient (Wildman–Crippen LogP) is 3.24. The van der Waals surface area contributed by atoms with Gasteiger partial charge in [-0.3, -0.25) is 4.79 Å². The second kappa shape index (κ2) is 5.85. The Kier molecular flexibility index (Phi) is 3.93. The molecule has 0 spiro atoms. The van der Waals surface area contributed by atoms with E-state index in [-0.39, 0.29) is 5.91 Å². The summed E-state index contributed by atoms with van der Waals surface area (Å²) >= 11 is 5.02. The molecule has 1 aromatic heterocycles. The highest BCUT2D eigenvalue weighted by Crippen LogP contribution is 2.31. The number of ether oxygens (including phenoxy) is 1. The molecule has 2 N–H and O–H groups in total. The molecule has 1 aliphatic heterocycles. The summed E-state index contributed by atoms with van der Waals surface area (Å²) in [5, 5.41) is 6.15. The average Bonchev–Trinajstić information content (AvgIpc) is 2.90. The first-order valence-corrected chi connectivity index (χ1v) is 7.87. The van der Waals surface area contributed by atoms with Gasteiger partial charge in [0.2, 0.25) is 0 Å². The average molecular weight is 353 g/mol. The van der Waals surface area contributed by atoms with E-state index in [1.54, 1.807) is 17.4 Å². The summed E-state index contributed by atoms with van der Waals surface area (Å²) in [6.07, 6.45) is 0. The minimum Gasteiger partial charge on any atom is -0.489 e. The smallest absolute Gasteiger partial charge is 0.255 e. The lowest BCUT2D eigenvalue weighted by atomic mass is 10.1. The van der Waals surface area contributed by atoms with Gasteiger partial charge in [-0.1, -0.05) is 6.07 Å². The lowest BCUT2D eigenvalue weighted by Crippen LogP contribution is -2.25. The van der Waals surface area contributed by atoms with E-state index in [2.05, 4.69) is 26.6 Å². The Balaban J connectivity index is 1.74. The molecule has 0 unspecified atom stereocenters. The number of hydrogen-bond donors (Lipinski definition) is 2. The van der Waals surface area contributed by atoms with Crippen molar-refractivity contribution in [3.8, 4) is 5.75 Å². The number of benzene rings is 1. The Bertz CT molecular complexity index is 642. The Morgan fingerprint density at radius 2 is 2.30 bits per heavy atom. The van der Waals surface area contributed by atoms with Crippen LogP contribution in [0.3, 0.4) is 0 Å². The number of hydrogen-bond acceptors (Lipinski definition) is 4. The van der Waals surface area contributed by atoms with E-state index in [9.17, 15) is 4.79 Å². The van der Waals surface area contributed by atoms with E-state index in [0.29, 0.717) is 24.5 Å². The highest BCUT2D eigenvalue weighted by Gasteiger charge is 2.18. The zero-order chi connectivity index (χ0) is 13.9. The third-order valence-electron chi connectivity index (χ3n) is 2.98. The Hall–Kier alpha value is -1.53. The number of nitrogens with one attached hydrogen (secondary N) is 2. The molecule has 0 saturated heterocycles. The third-order valence-corrected chi connectivity index (χ3v) is 4.60. The molecule has 0 fully saturated rings. The summed E-state index contributed by atoms with van der Waals surface area (Å²) in [7, 11) is 0. The number of para-hydroxylation sites is 1. The fourth-order valence-electron chi connectivity index (χ4n) is 2.06. The number of thiophene rings is 1. The van der Waals surface area contributed by atoms with Crippen molar-refractivity contribution in [1.29, 1.82) is 0 Å². The van der Waals surface area contributed by atoms with Gasteiger partial charge in [0, 0.05) is 11.4 Å². The van der Waals surface area contributed by atoms with Gasteiger partial charge >= 0.3 is 0 Å². The van der Waals surface area contributed by atoms with Crippen molar-refractivity contribution in [3.63, 3.8) is 0 Å². The number of rotatable bonds is 3. The fourth-order valence-corrected chi connectivity index (χ4v) is 3.48. The Labute approximate surface area is 129 Å². The van der Waals surface area contributed by atoms with Crippen LogP contribution in [-0.4, -0.2) is 19.1 Å². The zero-order valence-electron chi connectivity index (χ0n) is 10.6. The van der Waals surface area contributed by atoms with Crippen molar-refractivity contribution in [2.75, 3.05) is 18.5 Å². The molecule has 20 heavy (non-hydrogen) atoms. The predicted molar refractivity (Wildman–Crippen MR) is 83.6 cm³/mol. The standard InChI is InChI=1S/C14H13BrN2O2S/c15-12-5-4-9(20-12)8-17-14(18)10-2-1-3-11-13(10)19-7-6-16-11/h1-5,16H,6-8H2,(H,17,18). The molecule has 0 atom stereocenters. The Morgan fingerprint density at radius 3 is 3.10 bits per heavy atom. The second-order valence-electron chi connectivity index (χ2n) is 4.35. The van der Waals surface area contributed by atoms with Crippen LogP contribution in [0.1, 0.15) is 15.2 Å². The van der Waals surface area contributed by atoms with E-state index < -0.39 is 0 Å². The number of anilines is 1. The lowest BCUT2D eigenvalue weighted by Gasteiger charge is -2.21. The molecule has 1 aromatic carbocycles. The van der Waals surface area contributed by atoms with Crippen LogP contribution in [0.2, 0.25) is 0 Å². The van der Waals surface area contributed by atoms with Gasteiger partial charge in [0.25, 0.3) is 5.91 Å². The molecular weight excluding hydrogens is 340 g/mol. The van der Waals surface area contributed by atoms with E-state index in [1.165, 1.54) is 0 Å². The second-order valence-corrected chi connectivity index (χ2v) is 6.89. The topological polar surface area (TPSA) is 50.4 Å². The van der Waals surface area contributed by atoms with Crippen LogP contribution in [0.5, 0.6) is 5.75 Å². The molecule has 6 heteroatoms. The van der Waals surface area contributed by atoms with Crippen LogP contribution in [-0.2, 0) is 6.54 Å². The molecule has 0 bridgehead atoms. The number of halogens is 1. The third kappa shape index (κ3) is 2.81. The van der Waals surface area contributed by atoms with Crippen LogP contribution in [0.15, 0.2) is 34.1 Å². The van der Waals surface area contributed by atoms with Crippen molar-refractivity contribution < 1.29 is 9.53 Å². The number of fused-ring (bicyclic) bond motifs is 1. The maximum absolute atomic E-state index is 12.3. The van der Waals surface area contributed by atoms with Gasteiger partial charge in [0.05, 0.1) is 21.6 Å². The van der Waals surface area contributed by atoms with Crippen LogP contribution < -0.4 is 15.4 Å². The molecule has 104 valence electrons. The molecule has 1 amide bonds. The Morgan fingerprint density at radius 1 is 1.40 bits per heavy atom. The summed E-state index contributed by atoms with van der Waals surface area (Å²) in [4.78, 5) is 13.4. The van der Waals surface area contributed by atoms with Crippen LogP contribution in [0.4, 0.5) is 5.69 Å². The van der Waals surface area contributed by atoms with Gasteiger partial charge in [0.1, 0.15) is 6.61 Å². The highest BCUT2D eigenvalue weighted by molar-refractivity contribution is 9.11. The molecule has 4 nitrogen and oxygen atoms in total. The van der Waals surface area contributed by atoms with Gasteiger partial charge in [-0.05, 0) is 40.2 Å². The van der Waals surface area contributed by atoms with E-state index >= 15 is 0 Å². The van der Waals surface area contributed by atoms with Crippen LogP contribution in [0.25, 0.3) is 0 Å². The van der Waals surface area contributed by atoms with Gasteiger partial charge < -0.3 is 15.4 Å². The van der Waals surface area contributed by atoms with Gasteiger partial charge in [-0.15, -0.1) is 11.3 Å². The van der Waals surface area contributed by atoms with Gasteiger partial charge in [-0.25, -0.2) is 0 Å². The number of carbonyl (C=O) groups is 1. The van der Waals surface area contributed by atoms with Crippen molar-refractivity contribution >= 4 is 38.9 Å². The maximum atomic E-state index is 12.3. The summed E-state index contributed by atoms with van der Waals surface area (Å²) in [5.41, 5.74) is 1.45. The van der Waals surface area contributed by atoms with Crippen molar-refractivity contribution in [1.82, 2.24) is 5.32 Å². The molecule has 0 aliphatic carbocycles. The van der Waals surface area contributed by atoms with E-state index in [1.807, 2.05) is 24.3 Å². The van der Waals surface area contributed by atoms with Crippen LogP contribution in [0, 0.1) is 0 Å². The molecular formula is C14H13BrN2O2S. The lowest BCUT2D eigenvalue weighted by molar-refractivity contribution is 0.0947. The summed E-state index contributed by atoms with van der Waals surface area (Å²) in [6, 6.07) is 9.53. The first-order valence-electron chi connectivity index (χ1n) is 6.26. The van der Waals surface area contributed by atoms with E-state index in [4.69, 9.17) is 4.74 Å². The zero-order valence-corrected chi connectivity index (χ0v) is 13.0. The molecule has 3 rings (SSSR count).